The van der Waals surface area contributed by atoms with E-state index in [1.165, 1.54) is 16.8 Å². The molecule has 0 aromatic heterocycles. The highest BCUT2D eigenvalue weighted by Gasteiger charge is 2.24. The van der Waals surface area contributed by atoms with E-state index in [1.807, 2.05) is 7.05 Å². The fourth-order valence-corrected chi connectivity index (χ4v) is 2.43. The van der Waals surface area contributed by atoms with E-state index in [2.05, 4.69) is 69.8 Å². The van der Waals surface area contributed by atoms with Gasteiger partial charge in [-0.1, -0.05) is 39.0 Å². The van der Waals surface area contributed by atoms with E-state index in [9.17, 15) is 0 Å². The Morgan fingerprint density at radius 1 is 1.12 bits per heavy atom. The van der Waals surface area contributed by atoms with E-state index in [1.54, 1.807) is 0 Å². The second kappa shape index (κ2) is 4.91. The zero-order valence-electron chi connectivity index (χ0n) is 12.1. The average Bonchev–Trinajstić information content (AvgIpc) is 2.15. The molecule has 2 heteroatoms. The first-order valence-corrected chi connectivity index (χ1v) is 6.06. The molecule has 1 aromatic rings. The van der Waals surface area contributed by atoms with Gasteiger partial charge >= 0.3 is 0 Å². The van der Waals surface area contributed by atoms with Gasteiger partial charge < -0.3 is 4.90 Å². The summed E-state index contributed by atoms with van der Waals surface area (Å²) in [6, 6.07) is 6.39. The van der Waals surface area contributed by atoms with Crippen LogP contribution in [0.25, 0.3) is 0 Å². The summed E-state index contributed by atoms with van der Waals surface area (Å²) < 4.78 is 0. The van der Waals surface area contributed by atoms with Crippen LogP contribution in [0.15, 0.2) is 23.2 Å². The molecule has 0 heterocycles. The van der Waals surface area contributed by atoms with Crippen molar-refractivity contribution in [3.05, 3.63) is 29.3 Å². The molecule has 0 N–H and O–H groups in total. The molecule has 0 aliphatic heterocycles. The first-order valence-electron chi connectivity index (χ1n) is 6.06. The molecule has 0 aliphatic carbocycles. The fourth-order valence-electron chi connectivity index (χ4n) is 2.43. The minimum absolute atomic E-state index is 0.0538. The molecule has 0 unspecified atom stereocenters. The lowest BCUT2D eigenvalue weighted by molar-refractivity contribution is 0.579. The van der Waals surface area contributed by atoms with Crippen molar-refractivity contribution in [3.63, 3.8) is 0 Å². The highest BCUT2D eigenvalue weighted by atomic mass is 15.2. The molecule has 0 saturated carbocycles. The molecule has 0 atom stereocenters. The van der Waals surface area contributed by atoms with Gasteiger partial charge in [0.05, 0.1) is 0 Å². The molecule has 0 aliphatic rings. The summed E-state index contributed by atoms with van der Waals surface area (Å²) in [5, 5.41) is 0. The van der Waals surface area contributed by atoms with Crippen molar-refractivity contribution in [2.75, 3.05) is 19.0 Å². The Morgan fingerprint density at radius 3 is 1.94 bits per heavy atom. The predicted molar refractivity (Wildman–Crippen MR) is 77.1 cm³/mol. The molecular formula is C15H24N2. The SMILES string of the molecule is CN=C(N(C)c1c(C)cccc1C)C(C)(C)C. The second-order valence-electron chi connectivity index (χ2n) is 5.60. The average molecular weight is 232 g/mol. The number of hydrogen-bond acceptors (Lipinski definition) is 1. The third-order valence-electron chi connectivity index (χ3n) is 2.98. The van der Waals surface area contributed by atoms with Crippen molar-refractivity contribution in [3.8, 4) is 0 Å². The summed E-state index contributed by atoms with van der Waals surface area (Å²) in [5.41, 5.74) is 3.90. The van der Waals surface area contributed by atoms with E-state index < -0.39 is 0 Å². The van der Waals surface area contributed by atoms with E-state index >= 15 is 0 Å². The molecule has 0 amide bonds. The molecule has 1 aromatic carbocycles. The van der Waals surface area contributed by atoms with E-state index in [-0.39, 0.29) is 5.41 Å². The summed E-state index contributed by atoms with van der Waals surface area (Å²) in [5.74, 6) is 1.11. The highest BCUT2D eigenvalue weighted by molar-refractivity contribution is 6.01. The smallest absolute Gasteiger partial charge is 0.108 e. The van der Waals surface area contributed by atoms with Gasteiger partial charge in [0.25, 0.3) is 0 Å². The topological polar surface area (TPSA) is 15.6 Å². The van der Waals surface area contributed by atoms with Crippen molar-refractivity contribution < 1.29 is 0 Å². The fraction of sp³-hybridized carbons (Fsp3) is 0.533. The van der Waals surface area contributed by atoms with Gasteiger partial charge in [-0.05, 0) is 25.0 Å². The Balaban J connectivity index is 3.25. The molecule has 0 spiro atoms. The van der Waals surface area contributed by atoms with Crippen molar-refractivity contribution >= 4 is 11.5 Å². The number of aliphatic imine (C=N–C) groups is 1. The lowest BCUT2D eigenvalue weighted by Gasteiger charge is -2.32. The van der Waals surface area contributed by atoms with E-state index in [4.69, 9.17) is 0 Å². The quantitative estimate of drug-likeness (QED) is 0.531. The normalized spacial score (nSPS) is 12.8. The maximum absolute atomic E-state index is 4.46. The van der Waals surface area contributed by atoms with Gasteiger partial charge in [0.2, 0.25) is 0 Å². The Labute approximate surface area is 105 Å². The van der Waals surface area contributed by atoms with Gasteiger partial charge in [-0.3, -0.25) is 4.99 Å². The molecule has 2 nitrogen and oxygen atoms in total. The largest absolute Gasteiger partial charge is 0.332 e. The van der Waals surface area contributed by atoms with Gasteiger partial charge in [0.15, 0.2) is 0 Å². The maximum Gasteiger partial charge on any atom is 0.108 e. The first kappa shape index (κ1) is 13.8. The van der Waals surface area contributed by atoms with Crippen LogP contribution in [0.2, 0.25) is 0 Å². The first-order chi connectivity index (χ1) is 7.79. The minimum atomic E-state index is 0.0538. The van der Waals surface area contributed by atoms with E-state index in [0.29, 0.717) is 0 Å². The van der Waals surface area contributed by atoms with Crippen molar-refractivity contribution in [1.29, 1.82) is 0 Å². The van der Waals surface area contributed by atoms with Crippen LogP contribution >= 0.6 is 0 Å². The van der Waals surface area contributed by atoms with Gasteiger partial charge in [0, 0.05) is 25.2 Å². The van der Waals surface area contributed by atoms with Crippen LogP contribution in [0.1, 0.15) is 31.9 Å². The number of amidine groups is 1. The third kappa shape index (κ3) is 2.87. The van der Waals surface area contributed by atoms with Crippen LogP contribution in [0.3, 0.4) is 0 Å². The van der Waals surface area contributed by atoms with Gasteiger partial charge in [0.1, 0.15) is 5.84 Å². The van der Waals surface area contributed by atoms with Crippen molar-refractivity contribution in [2.45, 2.75) is 34.6 Å². The van der Waals surface area contributed by atoms with Crippen LogP contribution in [-0.2, 0) is 0 Å². The number of aryl methyl sites for hydroxylation is 2. The summed E-state index contributed by atoms with van der Waals surface area (Å²) in [6.45, 7) is 10.9. The van der Waals surface area contributed by atoms with Crippen LogP contribution in [-0.4, -0.2) is 19.9 Å². The van der Waals surface area contributed by atoms with Crippen LogP contribution < -0.4 is 4.90 Å². The summed E-state index contributed by atoms with van der Waals surface area (Å²) in [7, 11) is 3.97. The molecule has 17 heavy (non-hydrogen) atoms. The number of hydrogen-bond donors (Lipinski definition) is 0. The molecule has 94 valence electrons. The summed E-state index contributed by atoms with van der Waals surface area (Å²) in [6.07, 6.45) is 0. The summed E-state index contributed by atoms with van der Waals surface area (Å²) >= 11 is 0. The van der Waals surface area contributed by atoms with Crippen molar-refractivity contribution in [2.24, 2.45) is 10.4 Å². The summed E-state index contributed by atoms with van der Waals surface area (Å²) in [4.78, 5) is 6.67. The predicted octanol–water partition coefficient (Wildman–Crippen LogP) is 3.81. The number of nitrogens with zero attached hydrogens (tertiary/aromatic N) is 2. The van der Waals surface area contributed by atoms with Crippen LogP contribution in [0.4, 0.5) is 5.69 Å². The molecule has 1 rings (SSSR count). The third-order valence-corrected chi connectivity index (χ3v) is 2.98. The lowest BCUT2D eigenvalue weighted by atomic mass is 9.93. The van der Waals surface area contributed by atoms with E-state index in [0.717, 1.165) is 5.84 Å². The van der Waals surface area contributed by atoms with Crippen LogP contribution in [0.5, 0.6) is 0 Å². The molecule has 0 fully saturated rings. The lowest BCUT2D eigenvalue weighted by Crippen LogP contribution is -2.37. The Morgan fingerprint density at radius 2 is 1.59 bits per heavy atom. The number of para-hydroxylation sites is 1. The van der Waals surface area contributed by atoms with Gasteiger partial charge in [-0.2, -0.15) is 0 Å². The van der Waals surface area contributed by atoms with Gasteiger partial charge in [-0.25, -0.2) is 0 Å². The zero-order chi connectivity index (χ0) is 13.2. The van der Waals surface area contributed by atoms with Crippen LogP contribution in [0, 0.1) is 19.3 Å². The number of anilines is 1. The van der Waals surface area contributed by atoms with Gasteiger partial charge in [-0.15, -0.1) is 0 Å². The Hall–Kier alpha value is -1.31. The maximum atomic E-state index is 4.46. The number of rotatable bonds is 1. The Bertz CT molecular complexity index is 405. The standard InChI is InChI=1S/C15H24N2/c1-11-9-8-10-12(2)13(11)17(7)14(16-6)15(3,4)5/h8-10H,1-7H3. The zero-order valence-corrected chi connectivity index (χ0v) is 12.1. The Kier molecular flexibility index (Phi) is 3.97. The molecule has 0 saturated heterocycles. The minimum Gasteiger partial charge on any atom is -0.332 e. The molecular weight excluding hydrogens is 208 g/mol. The highest BCUT2D eigenvalue weighted by Crippen LogP contribution is 2.28. The molecule has 0 bridgehead atoms. The van der Waals surface area contributed by atoms with Crippen molar-refractivity contribution in [1.82, 2.24) is 0 Å². The molecule has 0 radical (unpaired) electrons. The monoisotopic (exact) mass is 232 g/mol. The number of benzene rings is 1. The second-order valence-corrected chi connectivity index (χ2v) is 5.60.